The average Bonchev–Trinajstić information content (AvgIpc) is 1.79. The summed E-state index contributed by atoms with van der Waals surface area (Å²) in [5, 5.41) is 0. The third kappa shape index (κ3) is 3.87. The minimum atomic E-state index is 0.0771. The molecule has 1 heteroatoms. The first-order valence-corrected chi connectivity index (χ1v) is 3.79. The molecule has 0 aromatic rings. The zero-order valence-electron chi connectivity index (χ0n) is 8.19. The molecule has 0 saturated carbocycles. The van der Waals surface area contributed by atoms with Crippen LogP contribution in [0.15, 0.2) is 24.0 Å². The summed E-state index contributed by atoms with van der Waals surface area (Å²) in [5.41, 5.74) is 1.10. The lowest BCUT2D eigenvalue weighted by atomic mass is 9.93. The Labute approximate surface area is 69.8 Å². The molecule has 0 aliphatic rings. The lowest BCUT2D eigenvalue weighted by Gasteiger charge is -2.21. The molecule has 0 spiro atoms. The lowest BCUT2D eigenvalue weighted by Crippen LogP contribution is -2.10. The average molecular weight is 154 g/mol. The monoisotopic (exact) mass is 154 g/mol. The highest BCUT2D eigenvalue weighted by molar-refractivity contribution is 5.18. The second kappa shape index (κ2) is 3.61. The van der Waals surface area contributed by atoms with E-state index in [9.17, 15) is 0 Å². The molecule has 0 aliphatic carbocycles. The molecule has 0 rings (SSSR count). The van der Waals surface area contributed by atoms with Gasteiger partial charge in [0.1, 0.15) is 5.76 Å². The predicted octanol–water partition coefficient (Wildman–Crippen LogP) is 3.14. The van der Waals surface area contributed by atoms with Gasteiger partial charge in [-0.3, -0.25) is 0 Å². The number of rotatable bonds is 2. The Morgan fingerprint density at radius 1 is 1.36 bits per heavy atom. The molecule has 0 aromatic carbocycles. The normalized spacial score (nSPS) is 13.0. The molecule has 0 atom stereocenters. The maximum Gasteiger partial charge on any atom is 0.101 e. The molecule has 0 aliphatic heterocycles. The van der Waals surface area contributed by atoms with Crippen molar-refractivity contribution in [1.82, 2.24) is 0 Å². The van der Waals surface area contributed by atoms with Gasteiger partial charge in [-0.05, 0) is 13.0 Å². The van der Waals surface area contributed by atoms with Crippen molar-refractivity contribution in [2.75, 3.05) is 7.11 Å². The number of hydrogen-bond donors (Lipinski definition) is 0. The molecule has 0 aromatic heterocycles. The Bertz CT molecular complexity index is 170. The molecule has 0 saturated heterocycles. The van der Waals surface area contributed by atoms with E-state index in [1.54, 1.807) is 7.11 Å². The lowest BCUT2D eigenvalue weighted by molar-refractivity contribution is 0.206. The summed E-state index contributed by atoms with van der Waals surface area (Å²) in [4.78, 5) is 0. The second-order valence-corrected chi connectivity index (χ2v) is 3.81. The van der Waals surface area contributed by atoms with E-state index in [0.717, 1.165) is 11.3 Å². The molecular formula is C10H18O. The van der Waals surface area contributed by atoms with E-state index in [1.165, 1.54) is 0 Å². The highest BCUT2D eigenvalue weighted by Crippen LogP contribution is 2.26. The maximum absolute atomic E-state index is 5.23. The first kappa shape index (κ1) is 10.3. The van der Waals surface area contributed by atoms with Crippen LogP contribution >= 0.6 is 0 Å². The van der Waals surface area contributed by atoms with Gasteiger partial charge in [-0.1, -0.05) is 32.9 Å². The van der Waals surface area contributed by atoms with Gasteiger partial charge in [0.25, 0.3) is 0 Å². The van der Waals surface area contributed by atoms with E-state index < -0.39 is 0 Å². The van der Waals surface area contributed by atoms with Gasteiger partial charge in [0.15, 0.2) is 0 Å². The standard InChI is InChI=1S/C10H18O/c1-8(2)7-9(11-6)10(3,4)5/h7H,1H2,2-6H3/b9-7-. The van der Waals surface area contributed by atoms with Gasteiger partial charge in [-0.25, -0.2) is 0 Å². The summed E-state index contributed by atoms with van der Waals surface area (Å²) < 4.78 is 5.23. The fraction of sp³-hybridized carbons (Fsp3) is 0.600. The maximum atomic E-state index is 5.23. The number of allylic oxidation sites excluding steroid dienone is 3. The van der Waals surface area contributed by atoms with E-state index in [1.807, 2.05) is 13.0 Å². The van der Waals surface area contributed by atoms with Gasteiger partial charge >= 0.3 is 0 Å². The Morgan fingerprint density at radius 3 is 1.91 bits per heavy atom. The second-order valence-electron chi connectivity index (χ2n) is 3.81. The zero-order chi connectivity index (χ0) is 9.07. The van der Waals surface area contributed by atoms with E-state index in [-0.39, 0.29) is 5.41 Å². The quantitative estimate of drug-likeness (QED) is 0.438. The van der Waals surface area contributed by atoms with Crippen LogP contribution in [-0.4, -0.2) is 7.11 Å². The van der Waals surface area contributed by atoms with Crippen molar-refractivity contribution in [3.8, 4) is 0 Å². The smallest absolute Gasteiger partial charge is 0.101 e. The topological polar surface area (TPSA) is 9.23 Å². The van der Waals surface area contributed by atoms with Crippen LogP contribution in [-0.2, 0) is 4.74 Å². The van der Waals surface area contributed by atoms with E-state index in [4.69, 9.17) is 4.74 Å². The Hall–Kier alpha value is -0.720. The third-order valence-electron chi connectivity index (χ3n) is 1.34. The van der Waals surface area contributed by atoms with Gasteiger partial charge in [-0.2, -0.15) is 0 Å². The van der Waals surface area contributed by atoms with Crippen molar-refractivity contribution >= 4 is 0 Å². The van der Waals surface area contributed by atoms with Crippen LogP contribution in [0.2, 0.25) is 0 Å². The van der Waals surface area contributed by atoms with Crippen LogP contribution in [0.4, 0.5) is 0 Å². The van der Waals surface area contributed by atoms with Crippen LogP contribution in [0.1, 0.15) is 27.7 Å². The number of methoxy groups -OCH3 is 1. The molecule has 0 heterocycles. The molecule has 0 amide bonds. The highest BCUT2D eigenvalue weighted by atomic mass is 16.5. The molecule has 64 valence electrons. The fourth-order valence-corrected chi connectivity index (χ4v) is 0.805. The highest BCUT2D eigenvalue weighted by Gasteiger charge is 2.16. The van der Waals surface area contributed by atoms with Crippen molar-refractivity contribution in [3.05, 3.63) is 24.0 Å². The van der Waals surface area contributed by atoms with E-state index in [2.05, 4.69) is 27.4 Å². The van der Waals surface area contributed by atoms with Crippen molar-refractivity contribution in [3.63, 3.8) is 0 Å². The zero-order valence-corrected chi connectivity index (χ0v) is 8.19. The van der Waals surface area contributed by atoms with Gasteiger partial charge in [0, 0.05) is 5.41 Å². The summed E-state index contributed by atoms with van der Waals surface area (Å²) in [6.45, 7) is 12.1. The van der Waals surface area contributed by atoms with Crippen LogP contribution in [0, 0.1) is 5.41 Å². The molecule has 0 fully saturated rings. The summed E-state index contributed by atoms with van der Waals surface area (Å²) in [7, 11) is 1.69. The first-order chi connectivity index (χ1) is 4.88. The first-order valence-electron chi connectivity index (χ1n) is 3.79. The molecule has 0 N–H and O–H groups in total. The van der Waals surface area contributed by atoms with Gasteiger partial charge in [0.05, 0.1) is 7.11 Å². The van der Waals surface area contributed by atoms with Crippen molar-refractivity contribution < 1.29 is 4.74 Å². The van der Waals surface area contributed by atoms with Gasteiger partial charge in [0.2, 0.25) is 0 Å². The predicted molar refractivity (Wildman–Crippen MR) is 49.4 cm³/mol. The van der Waals surface area contributed by atoms with E-state index >= 15 is 0 Å². The largest absolute Gasteiger partial charge is 0.501 e. The number of ether oxygens (including phenoxy) is 1. The van der Waals surface area contributed by atoms with Crippen molar-refractivity contribution in [1.29, 1.82) is 0 Å². The van der Waals surface area contributed by atoms with Gasteiger partial charge in [-0.15, -0.1) is 0 Å². The minimum absolute atomic E-state index is 0.0771. The van der Waals surface area contributed by atoms with Crippen LogP contribution in [0.25, 0.3) is 0 Å². The summed E-state index contributed by atoms with van der Waals surface area (Å²) >= 11 is 0. The molecule has 1 nitrogen and oxygen atoms in total. The summed E-state index contributed by atoms with van der Waals surface area (Å²) in [6, 6.07) is 0. The van der Waals surface area contributed by atoms with Crippen molar-refractivity contribution in [2.45, 2.75) is 27.7 Å². The third-order valence-corrected chi connectivity index (χ3v) is 1.34. The van der Waals surface area contributed by atoms with Crippen molar-refractivity contribution in [2.24, 2.45) is 5.41 Å². The van der Waals surface area contributed by atoms with Crippen LogP contribution in [0.3, 0.4) is 0 Å². The Balaban J connectivity index is 4.54. The summed E-state index contributed by atoms with van der Waals surface area (Å²) in [5.74, 6) is 0.977. The Morgan fingerprint density at radius 2 is 1.82 bits per heavy atom. The Kier molecular flexibility index (Phi) is 3.37. The SMILES string of the molecule is C=C(C)/C=C(\OC)C(C)(C)C. The molecule has 0 radical (unpaired) electrons. The van der Waals surface area contributed by atoms with Crippen LogP contribution in [0.5, 0.6) is 0 Å². The van der Waals surface area contributed by atoms with Gasteiger partial charge < -0.3 is 4.74 Å². The number of hydrogen-bond acceptors (Lipinski definition) is 1. The molecule has 11 heavy (non-hydrogen) atoms. The summed E-state index contributed by atoms with van der Waals surface area (Å²) in [6.07, 6.45) is 1.97. The van der Waals surface area contributed by atoms with Crippen LogP contribution < -0.4 is 0 Å². The fourth-order valence-electron chi connectivity index (χ4n) is 0.805. The molecular weight excluding hydrogens is 136 g/mol. The molecule has 0 bridgehead atoms. The molecule has 0 unspecified atom stereocenters. The minimum Gasteiger partial charge on any atom is -0.501 e. The van der Waals surface area contributed by atoms with E-state index in [0.29, 0.717) is 0 Å².